The molecule has 0 aliphatic carbocycles. The van der Waals surface area contributed by atoms with Gasteiger partial charge >= 0.3 is 0 Å². The molecule has 1 aromatic carbocycles. The minimum atomic E-state index is -0.946. The highest BCUT2D eigenvalue weighted by Gasteiger charge is 2.15. The van der Waals surface area contributed by atoms with Crippen LogP contribution in [0.4, 0.5) is 5.69 Å². The van der Waals surface area contributed by atoms with Crippen molar-refractivity contribution in [2.24, 2.45) is 11.5 Å². The Morgan fingerprint density at radius 3 is 2.67 bits per heavy atom. The number of carbonyl (C=O) groups excluding carboxylic acids is 2. The van der Waals surface area contributed by atoms with Crippen LogP contribution in [0.1, 0.15) is 6.42 Å². The Morgan fingerprint density at radius 2 is 2.11 bits per heavy atom. The number of hydrogen-bond donors (Lipinski definition) is 3. The highest BCUT2D eigenvalue weighted by atomic mass is 35.5. The molecule has 0 saturated carbocycles. The molecule has 1 rings (SSSR count). The number of anilines is 1. The standard InChI is InChI=1S/C11H15N3O3.ClH/c1-17-8-4-2-3-7(5-8)14-11(16)9(12)6-10(13)15;/h2-5,9H,6,12H2,1H3,(H2,13,15)(H,14,16);1H. The maximum Gasteiger partial charge on any atom is 0.241 e. The minimum absolute atomic E-state index is 0. The summed E-state index contributed by atoms with van der Waals surface area (Å²) in [5.41, 5.74) is 11.0. The fourth-order valence-electron chi connectivity index (χ4n) is 1.25. The summed E-state index contributed by atoms with van der Waals surface area (Å²) in [5, 5.41) is 2.57. The van der Waals surface area contributed by atoms with Gasteiger partial charge in [0.05, 0.1) is 19.6 Å². The molecular weight excluding hydrogens is 258 g/mol. The molecule has 1 aromatic rings. The molecule has 0 heterocycles. The van der Waals surface area contributed by atoms with Crippen LogP contribution < -0.4 is 21.5 Å². The summed E-state index contributed by atoms with van der Waals surface area (Å²) in [6.07, 6.45) is -0.185. The van der Waals surface area contributed by atoms with Gasteiger partial charge in [-0.2, -0.15) is 0 Å². The summed E-state index contributed by atoms with van der Waals surface area (Å²) in [4.78, 5) is 22.2. The van der Waals surface area contributed by atoms with E-state index < -0.39 is 17.9 Å². The zero-order valence-electron chi connectivity index (χ0n) is 9.88. The summed E-state index contributed by atoms with van der Waals surface area (Å²) in [6, 6.07) is 5.87. The molecule has 0 aliphatic heterocycles. The first-order valence-electron chi connectivity index (χ1n) is 5.01. The second kappa shape index (κ2) is 7.52. The van der Waals surface area contributed by atoms with Gasteiger partial charge in [-0.15, -0.1) is 12.4 Å². The van der Waals surface area contributed by atoms with Gasteiger partial charge in [0, 0.05) is 11.8 Å². The van der Waals surface area contributed by atoms with E-state index in [9.17, 15) is 9.59 Å². The van der Waals surface area contributed by atoms with Gasteiger partial charge in [-0.3, -0.25) is 9.59 Å². The number of primary amides is 1. The van der Waals surface area contributed by atoms with E-state index in [0.717, 1.165) is 0 Å². The van der Waals surface area contributed by atoms with E-state index >= 15 is 0 Å². The lowest BCUT2D eigenvalue weighted by atomic mass is 10.2. The lowest BCUT2D eigenvalue weighted by Gasteiger charge is -2.11. The van der Waals surface area contributed by atoms with Crippen LogP contribution in [0.25, 0.3) is 0 Å². The molecule has 18 heavy (non-hydrogen) atoms. The normalized spacial score (nSPS) is 11.0. The summed E-state index contributed by atoms with van der Waals surface area (Å²) < 4.78 is 5.00. The molecule has 2 amide bonds. The van der Waals surface area contributed by atoms with Gasteiger partial charge in [0.25, 0.3) is 0 Å². The number of nitrogens with one attached hydrogen (secondary N) is 1. The number of rotatable bonds is 5. The molecule has 7 heteroatoms. The second-order valence-corrected chi connectivity index (χ2v) is 3.50. The van der Waals surface area contributed by atoms with Crippen molar-refractivity contribution in [1.29, 1.82) is 0 Å². The summed E-state index contributed by atoms with van der Waals surface area (Å²) in [5.74, 6) is -0.457. The van der Waals surface area contributed by atoms with Crippen LogP contribution in [0, 0.1) is 0 Å². The van der Waals surface area contributed by atoms with Crippen molar-refractivity contribution in [1.82, 2.24) is 0 Å². The van der Waals surface area contributed by atoms with Crippen molar-refractivity contribution in [2.75, 3.05) is 12.4 Å². The van der Waals surface area contributed by atoms with E-state index in [4.69, 9.17) is 16.2 Å². The van der Waals surface area contributed by atoms with Crippen LogP contribution in [-0.4, -0.2) is 25.0 Å². The van der Waals surface area contributed by atoms with Crippen molar-refractivity contribution in [3.05, 3.63) is 24.3 Å². The van der Waals surface area contributed by atoms with Crippen molar-refractivity contribution in [2.45, 2.75) is 12.5 Å². The Labute approximate surface area is 111 Å². The SMILES string of the molecule is COc1cccc(NC(=O)C(N)CC(N)=O)c1.Cl. The van der Waals surface area contributed by atoms with Crippen LogP contribution in [-0.2, 0) is 9.59 Å². The lowest BCUT2D eigenvalue weighted by molar-refractivity contribution is -0.123. The Hall–Kier alpha value is -1.79. The average molecular weight is 274 g/mol. The van der Waals surface area contributed by atoms with Gasteiger partial charge in [0.15, 0.2) is 0 Å². The van der Waals surface area contributed by atoms with Crippen LogP contribution in [0.3, 0.4) is 0 Å². The Bertz CT molecular complexity index is 426. The van der Waals surface area contributed by atoms with Crippen molar-refractivity contribution >= 4 is 29.9 Å². The number of halogens is 1. The smallest absolute Gasteiger partial charge is 0.241 e. The predicted molar refractivity (Wildman–Crippen MR) is 70.7 cm³/mol. The highest BCUT2D eigenvalue weighted by molar-refractivity contribution is 5.97. The Balaban J connectivity index is 0.00000289. The number of nitrogens with two attached hydrogens (primary N) is 2. The molecule has 0 aliphatic rings. The lowest BCUT2D eigenvalue weighted by Crippen LogP contribution is -2.38. The van der Waals surface area contributed by atoms with Crippen LogP contribution in [0.2, 0.25) is 0 Å². The van der Waals surface area contributed by atoms with Crippen LogP contribution >= 0.6 is 12.4 Å². The molecular formula is C11H16ClN3O3. The summed E-state index contributed by atoms with van der Waals surface area (Å²) >= 11 is 0. The topological polar surface area (TPSA) is 107 Å². The third kappa shape index (κ3) is 5.03. The maximum atomic E-state index is 11.6. The first-order valence-corrected chi connectivity index (χ1v) is 5.01. The van der Waals surface area contributed by atoms with Gasteiger partial charge in [0.2, 0.25) is 11.8 Å². The first kappa shape index (κ1) is 16.2. The van der Waals surface area contributed by atoms with Gasteiger partial charge < -0.3 is 21.5 Å². The second-order valence-electron chi connectivity index (χ2n) is 3.50. The molecule has 100 valence electrons. The van der Waals surface area contributed by atoms with Gasteiger partial charge in [-0.25, -0.2) is 0 Å². The largest absolute Gasteiger partial charge is 0.497 e. The maximum absolute atomic E-state index is 11.6. The number of methoxy groups -OCH3 is 1. The number of benzene rings is 1. The summed E-state index contributed by atoms with van der Waals surface area (Å²) in [6.45, 7) is 0. The quantitative estimate of drug-likeness (QED) is 0.715. The number of amides is 2. The van der Waals surface area contributed by atoms with Crippen LogP contribution in [0.5, 0.6) is 5.75 Å². The van der Waals surface area contributed by atoms with E-state index in [1.165, 1.54) is 7.11 Å². The number of carbonyl (C=O) groups is 2. The fourth-order valence-corrected chi connectivity index (χ4v) is 1.25. The Kier molecular flexibility index (Phi) is 6.77. The fraction of sp³-hybridized carbons (Fsp3) is 0.273. The molecule has 0 radical (unpaired) electrons. The first-order chi connectivity index (χ1) is 8.02. The van der Waals surface area contributed by atoms with Gasteiger partial charge in [-0.05, 0) is 12.1 Å². The molecule has 0 saturated heterocycles. The molecule has 0 fully saturated rings. The third-order valence-corrected chi connectivity index (χ3v) is 2.10. The zero-order valence-corrected chi connectivity index (χ0v) is 10.7. The molecule has 0 bridgehead atoms. The number of hydrogen-bond acceptors (Lipinski definition) is 4. The Morgan fingerprint density at radius 1 is 1.44 bits per heavy atom. The average Bonchev–Trinajstić information content (AvgIpc) is 2.28. The van der Waals surface area contributed by atoms with Crippen LogP contribution in [0.15, 0.2) is 24.3 Å². The molecule has 0 aromatic heterocycles. The van der Waals surface area contributed by atoms with Gasteiger partial charge in [0.1, 0.15) is 5.75 Å². The zero-order chi connectivity index (χ0) is 12.8. The van der Waals surface area contributed by atoms with E-state index in [1.54, 1.807) is 24.3 Å². The molecule has 0 spiro atoms. The highest BCUT2D eigenvalue weighted by Crippen LogP contribution is 2.16. The molecule has 5 N–H and O–H groups in total. The van der Waals surface area contributed by atoms with Crippen molar-refractivity contribution in [3.63, 3.8) is 0 Å². The van der Waals surface area contributed by atoms with E-state index in [-0.39, 0.29) is 18.8 Å². The van der Waals surface area contributed by atoms with E-state index in [2.05, 4.69) is 5.32 Å². The predicted octanol–water partition coefficient (Wildman–Crippen LogP) is 0.258. The monoisotopic (exact) mass is 273 g/mol. The molecule has 6 nitrogen and oxygen atoms in total. The summed E-state index contributed by atoms with van der Waals surface area (Å²) in [7, 11) is 1.53. The van der Waals surface area contributed by atoms with E-state index in [1.807, 2.05) is 0 Å². The third-order valence-electron chi connectivity index (χ3n) is 2.10. The minimum Gasteiger partial charge on any atom is -0.497 e. The van der Waals surface area contributed by atoms with Crippen molar-refractivity contribution in [3.8, 4) is 5.75 Å². The van der Waals surface area contributed by atoms with Crippen molar-refractivity contribution < 1.29 is 14.3 Å². The van der Waals surface area contributed by atoms with Gasteiger partial charge in [-0.1, -0.05) is 6.07 Å². The number of ether oxygens (including phenoxy) is 1. The van der Waals surface area contributed by atoms with E-state index in [0.29, 0.717) is 11.4 Å². The molecule has 1 unspecified atom stereocenters. The molecule has 1 atom stereocenters.